The number of nitrogen functional groups attached to an aromatic ring is 1. The van der Waals surface area contributed by atoms with Gasteiger partial charge in [-0.05, 0) is 38.0 Å². The summed E-state index contributed by atoms with van der Waals surface area (Å²) < 4.78 is 5.04. The van der Waals surface area contributed by atoms with Crippen molar-refractivity contribution in [3.05, 3.63) is 46.9 Å². The fourth-order valence-electron chi connectivity index (χ4n) is 3.59. The van der Waals surface area contributed by atoms with Gasteiger partial charge in [-0.15, -0.1) is 0 Å². The third kappa shape index (κ3) is 3.76. The molecule has 0 bridgehead atoms. The molecule has 1 aromatic carbocycles. The summed E-state index contributed by atoms with van der Waals surface area (Å²) in [4.78, 5) is 37.5. The molecular formula is C20H25N5O3. The molecule has 8 nitrogen and oxygen atoms in total. The van der Waals surface area contributed by atoms with E-state index in [1.54, 1.807) is 9.80 Å². The summed E-state index contributed by atoms with van der Waals surface area (Å²) >= 11 is 0. The number of benzene rings is 1. The molecule has 1 saturated heterocycles. The second kappa shape index (κ2) is 7.84. The number of methoxy groups -OCH3 is 1. The molecule has 2 N–H and O–H groups in total. The van der Waals surface area contributed by atoms with Crippen molar-refractivity contribution < 1.29 is 14.3 Å². The van der Waals surface area contributed by atoms with Crippen LogP contribution in [-0.2, 0) is 0 Å². The van der Waals surface area contributed by atoms with Gasteiger partial charge in [0.05, 0.1) is 25.1 Å². The Morgan fingerprint density at radius 3 is 2.57 bits per heavy atom. The molecule has 1 aliphatic rings. The van der Waals surface area contributed by atoms with Crippen LogP contribution in [0.1, 0.15) is 38.9 Å². The monoisotopic (exact) mass is 383 g/mol. The van der Waals surface area contributed by atoms with E-state index in [1.807, 2.05) is 32.9 Å². The van der Waals surface area contributed by atoms with E-state index in [2.05, 4.69) is 9.97 Å². The summed E-state index contributed by atoms with van der Waals surface area (Å²) in [5.74, 6) is -0.0372. The van der Waals surface area contributed by atoms with Gasteiger partial charge in [0.2, 0.25) is 5.88 Å². The lowest BCUT2D eigenvalue weighted by Crippen LogP contribution is -2.55. The van der Waals surface area contributed by atoms with E-state index in [9.17, 15) is 9.59 Å². The minimum atomic E-state index is -0.225. The molecule has 0 unspecified atom stereocenters. The minimum absolute atomic E-state index is 0.102. The number of piperazine rings is 1. The Balaban J connectivity index is 1.74. The molecule has 1 atom stereocenters. The summed E-state index contributed by atoms with van der Waals surface area (Å²) in [6.07, 6.45) is 2.87. The van der Waals surface area contributed by atoms with Crippen molar-refractivity contribution in [1.29, 1.82) is 0 Å². The first-order chi connectivity index (χ1) is 13.3. The van der Waals surface area contributed by atoms with Crippen molar-refractivity contribution in [2.24, 2.45) is 0 Å². The smallest absolute Gasteiger partial charge is 0.274 e. The van der Waals surface area contributed by atoms with Gasteiger partial charge in [0.25, 0.3) is 11.8 Å². The fourth-order valence-corrected chi connectivity index (χ4v) is 3.59. The number of aryl methyl sites for hydroxylation is 2. The Hall–Kier alpha value is -3.16. The van der Waals surface area contributed by atoms with Crippen molar-refractivity contribution in [3.8, 4) is 5.88 Å². The normalized spacial score (nSPS) is 16.8. The number of anilines is 1. The number of rotatable bonds is 3. The highest BCUT2D eigenvalue weighted by Crippen LogP contribution is 2.23. The molecule has 148 valence electrons. The van der Waals surface area contributed by atoms with E-state index in [-0.39, 0.29) is 29.4 Å². The number of carbonyl (C=O) groups excluding carboxylic acids is 2. The molecule has 2 heterocycles. The Morgan fingerprint density at radius 1 is 1.18 bits per heavy atom. The SMILES string of the molecule is COc1cncc(C(=O)N2CCN(C(=O)c3c(C)cc(C)cc3N)C[C@H]2C)n1. The van der Waals surface area contributed by atoms with Crippen LogP contribution in [0.5, 0.6) is 5.88 Å². The lowest BCUT2D eigenvalue weighted by molar-refractivity contribution is 0.0410. The predicted molar refractivity (Wildman–Crippen MR) is 105 cm³/mol. The van der Waals surface area contributed by atoms with Gasteiger partial charge in [-0.25, -0.2) is 4.98 Å². The molecule has 1 aromatic heterocycles. The van der Waals surface area contributed by atoms with Gasteiger partial charge in [-0.2, -0.15) is 0 Å². The second-order valence-corrected chi connectivity index (χ2v) is 7.09. The number of nitrogens with two attached hydrogens (primary N) is 1. The fraction of sp³-hybridized carbons (Fsp3) is 0.400. The molecular weight excluding hydrogens is 358 g/mol. The minimum Gasteiger partial charge on any atom is -0.480 e. The summed E-state index contributed by atoms with van der Waals surface area (Å²) in [6.45, 7) is 7.02. The van der Waals surface area contributed by atoms with E-state index in [1.165, 1.54) is 19.5 Å². The first-order valence-corrected chi connectivity index (χ1v) is 9.14. The van der Waals surface area contributed by atoms with Crippen LogP contribution >= 0.6 is 0 Å². The Kier molecular flexibility index (Phi) is 5.48. The third-order valence-electron chi connectivity index (χ3n) is 4.94. The Bertz CT molecular complexity index is 891. The maximum absolute atomic E-state index is 13.0. The van der Waals surface area contributed by atoms with Crippen molar-refractivity contribution >= 4 is 17.5 Å². The van der Waals surface area contributed by atoms with Crippen molar-refractivity contribution in [2.75, 3.05) is 32.5 Å². The van der Waals surface area contributed by atoms with E-state index < -0.39 is 0 Å². The van der Waals surface area contributed by atoms with Crippen LogP contribution in [0, 0.1) is 13.8 Å². The first kappa shape index (κ1) is 19.6. The van der Waals surface area contributed by atoms with Gasteiger partial charge >= 0.3 is 0 Å². The van der Waals surface area contributed by atoms with Gasteiger partial charge in [-0.3, -0.25) is 14.6 Å². The largest absolute Gasteiger partial charge is 0.480 e. The number of carbonyl (C=O) groups is 2. The number of ether oxygens (including phenoxy) is 1. The highest BCUT2D eigenvalue weighted by Gasteiger charge is 2.32. The van der Waals surface area contributed by atoms with Gasteiger partial charge in [-0.1, -0.05) is 6.07 Å². The van der Waals surface area contributed by atoms with Crippen LogP contribution in [0.2, 0.25) is 0 Å². The Morgan fingerprint density at radius 2 is 1.93 bits per heavy atom. The lowest BCUT2D eigenvalue weighted by Gasteiger charge is -2.40. The van der Waals surface area contributed by atoms with E-state index in [0.29, 0.717) is 30.9 Å². The average Bonchev–Trinajstić information content (AvgIpc) is 2.66. The quantitative estimate of drug-likeness (QED) is 0.809. The summed E-state index contributed by atoms with van der Waals surface area (Å²) in [6, 6.07) is 3.60. The van der Waals surface area contributed by atoms with E-state index in [0.717, 1.165) is 11.1 Å². The predicted octanol–water partition coefficient (Wildman–Crippen LogP) is 1.67. The molecule has 0 aliphatic carbocycles. The maximum Gasteiger partial charge on any atom is 0.274 e. The van der Waals surface area contributed by atoms with E-state index >= 15 is 0 Å². The molecule has 3 rings (SSSR count). The molecule has 1 aliphatic heterocycles. The number of aromatic nitrogens is 2. The van der Waals surface area contributed by atoms with Crippen LogP contribution in [0.15, 0.2) is 24.5 Å². The van der Waals surface area contributed by atoms with Gasteiger partial charge in [0.15, 0.2) is 5.69 Å². The number of hydrogen-bond donors (Lipinski definition) is 1. The molecule has 0 spiro atoms. The topological polar surface area (TPSA) is 102 Å². The number of amides is 2. The van der Waals surface area contributed by atoms with Crippen molar-refractivity contribution in [1.82, 2.24) is 19.8 Å². The molecule has 0 saturated carbocycles. The molecule has 0 radical (unpaired) electrons. The molecule has 8 heteroatoms. The zero-order valence-corrected chi connectivity index (χ0v) is 16.6. The molecule has 28 heavy (non-hydrogen) atoms. The van der Waals surface area contributed by atoms with Crippen LogP contribution < -0.4 is 10.5 Å². The average molecular weight is 383 g/mol. The van der Waals surface area contributed by atoms with Gasteiger partial charge in [0.1, 0.15) is 0 Å². The molecule has 2 amide bonds. The van der Waals surface area contributed by atoms with Crippen molar-refractivity contribution in [3.63, 3.8) is 0 Å². The summed E-state index contributed by atoms with van der Waals surface area (Å²) in [5, 5.41) is 0. The van der Waals surface area contributed by atoms with Crippen LogP contribution in [-0.4, -0.2) is 64.4 Å². The zero-order chi connectivity index (χ0) is 20.4. The van der Waals surface area contributed by atoms with Crippen molar-refractivity contribution in [2.45, 2.75) is 26.8 Å². The number of nitrogens with zero attached hydrogens (tertiary/aromatic N) is 4. The molecule has 1 fully saturated rings. The lowest BCUT2D eigenvalue weighted by atomic mass is 10.0. The van der Waals surface area contributed by atoms with Crippen LogP contribution in [0.25, 0.3) is 0 Å². The third-order valence-corrected chi connectivity index (χ3v) is 4.94. The molecule has 2 aromatic rings. The summed E-state index contributed by atoms with van der Waals surface area (Å²) in [7, 11) is 1.48. The second-order valence-electron chi connectivity index (χ2n) is 7.09. The van der Waals surface area contributed by atoms with Gasteiger partial charge < -0.3 is 20.3 Å². The number of hydrogen-bond acceptors (Lipinski definition) is 6. The maximum atomic E-state index is 13.0. The highest BCUT2D eigenvalue weighted by atomic mass is 16.5. The van der Waals surface area contributed by atoms with E-state index in [4.69, 9.17) is 10.5 Å². The van der Waals surface area contributed by atoms with Crippen LogP contribution in [0.3, 0.4) is 0 Å². The highest BCUT2D eigenvalue weighted by molar-refractivity contribution is 6.01. The standard InChI is InChI=1S/C20H25N5O3/c1-12-7-13(2)18(15(21)8-12)20(27)24-5-6-25(14(3)11-24)19(26)16-9-22-10-17(23-16)28-4/h7-10,14H,5-6,11,21H2,1-4H3/t14-/m1/s1. The van der Waals surface area contributed by atoms with Gasteiger partial charge in [0, 0.05) is 31.4 Å². The summed E-state index contributed by atoms with van der Waals surface area (Å²) in [5.41, 5.74) is 9.24. The van der Waals surface area contributed by atoms with Crippen LogP contribution in [0.4, 0.5) is 5.69 Å². The Labute approximate surface area is 164 Å². The zero-order valence-electron chi connectivity index (χ0n) is 16.6. The first-order valence-electron chi connectivity index (χ1n) is 9.14.